The Morgan fingerprint density at radius 3 is 2.24 bits per heavy atom. The Morgan fingerprint density at radius 2 is 1.62 bits per heavy atom. The van der Waals surface area contributed by atoms with Gasteiger partial charge >= 0.3 is 18.1 Å². The van der Waals surface area contributed by atoms with E-state index in [9.17, 15) is 27.6 Å². The van der Waals surface area contributed by atoms with Gasteiger partial charge in [-0.25, -0.2) is 9.59 Å². The molecule has 154 valence electrons. The normalized spacial score (nSPS) is 12.0. The lowest BCUT2D eigenvalue weighted by Crippen LogP contribution is -2.43. The summed E-state index contributed by atoms with van der Waals surface area (Å²) in [6, 6.07) is 8.90. The minimum absolute atomic E-state index is 0.0332. The van der Waals surface area contributed by atoms with Gasteiger partial charge in [-0.2, -0.15) is 13.2 Å². The molecule has 0 fully saturated rings. The first-order valence-corrected chi connectivity index (χ1v) is 8.39. The maximum Gasteiger partial charge on any atom is 0.416 e. The number of hydrogen-bond acceptors (Lipinski definition) is 5. The van der Waals surface area contributed by atoms with Crippen LogP contribution in [0.3, 0.4) is 0 Å². The Kier molecular flexibility index (Phi) is 6.98. The van der Waals surface area contributed by atoms with E-state index in [1.807, 2.05) is 0 Å². The van der Waals surface area contributed by atoms with Crippen molar-refractivity contribution >= 4 is 17.8 Å². The number of rotatable bonds is 6. The van der Waals surface area contributed by atoms with Crippen LogP contribution in [0.5, 0.6) is 0 Å². The molecule has 9 heteroatoms. The fraction of sp³-hybridized carbons (Fsp3) is 0.250. The lowest BCUT2D eigenvalue weighted by molar-refractivity contribution is -0.144. The molecule has 1 N–H and O–H groups in total. The van der Waals surface area contributed by atoms with Crippen molar-refractivity contribution in [1.82, 2.24) is 5.32 Å². The molecular weight excluding hydrogens is 391 g/mol. The third kappa shape index (κ3) is 5.56. The highest BCUT2D eigenvalue weighted by Gasteiger charge is 2.34. The molecule has 0 unspecified atom stereocenters. The number of hydrogen-bond donors (Lipinski definition) is 1. The van der Waals surface area contributed by atoms with Gasteiger partial charge in [-0.05, 0) is 29.8 Å². The van der Waals surface area contributed by atoms with Crippen molar-refractivity contribution < 1.29 is 37.0 Å². The number of methoxy groups -OCH3 is 2. The van der Waals surface area contributed by atoms with Gasteiger partial charge in [0, 0.05) is 12.0 Å². The largest absolute Gasteiger partial charge is 0.467 e. The van der Waals surface area contributed by atoms with E-state index in [0.29, 0.717) is 0 Å². The molecule has 6 nitrogen and oxygen atoms in total. The Balaban J connectivity index is 2.28. The van der Waals surface area contributed by atoms with Gasteiger partial charge in [0.05, 0.1) is 25.3 Å². The fourth-order valence-electron chi connectivity index (χ4n) is 2.68. The van der Waals surface area contributed by atoms with Crippen LogP contribution in [-0.2, 0) is 26.9 Å². The van der Waals surface area contributed by atoms with Crippen molar-refractivity contribution in [1.29, 1.82) is 0 Å². The van der Waals surface area contributed by atoms with Crippen LogP contribution in [0, 0.1) is 0 Å². The second kappa shape index (κ2) is 9.22. The van der Waals surface area contributed by atoms with E-state index in [0.717, 1.165) is 13.2 Å². The van der Waals surface area contributed by atoms with E-state index in [4.69, 9.17) is 0 Å². The fourth-order valence-corrected chi connectivity index (χ4v) is 2.68. The van der Waals surface area contributed by atoms with Crippen LogP contribution >= 0.6 is 0 Å². The predicted octanol–water partition coefficient (Wildman–Crippen LogP) is 3.01. The van der Waals surface area contributed by atoms with Crippen LogP contribution in [0.15, 0.2) is 48.5 Å². The average Bonchev–Trinajstić information content (AvgIpc) is 2.71. The Labute approximate surface area is 164 Å². The zero-order valence-corrected chi connectivity index (χ0v) is 15.6. The van der Waals surface area contributed by atoms with Crippen LogP contribution in [0.1, 0.15) is 31.8 Å². The van der Waals surface area contributed by atoms with E-state index >= 15 is 0 Å². The first kappa shape index (κ1) is 21.9. The number of carbonyl (C=O) groups excluding carboxylic acids is 3. The summed E-state index contributed by atoms with van der Waals surface area (Å²) in [6.07, 6.45) is -5.04. The molecule has 1 atom stereocenters. The zero-order valence-electron chi connectivity index (χ0n) is 15.6. The Morgan fingerprint density at radius 1 is 0.966 bits per heavy atom. The topological polar surface area (TPSA) is 81.7 Å². The van der Waals surface area contributed by atoms with Crippen LogP contribution in [0.2, 0.25) is 0 Å². The second-order valence-electron chi connectivity index (χ2n) is 5.98. The first-order valence-electron chi connectivity index (χ1n) is 8.39. The van der Waals surface area contributed by atoms with Gasteiger partial charge in [0.1, 0.15) is 6.04 Å². The molecule has 0 aliphatic carbocycles. The Bertz CT molecular complexity index is 911. The number of halogens is 3. The van der Waals surface area contributed by atoms with Crippen molar-refractivity contribution in [2.24, 2.45) is 0 Å². The van der Waals surface area contributed by atoms with E-state index < -0.39 is 42.0 Å². The van der Waals surface area contributed by atoms with Gasteiger partial charge < -0.3 is 14.8 Å². The van der Waals surface area contributed by atoms with Crippen molar-refractivity contribution in [2.45, 2.75) is 18.6 Å². The molecule has 0 aromatic heterocycles. The van der Waals surface area contributed by atoms with E-state index in [-0.39, 0.29) is 16.7 Å². The molecule has 0 spiro atoms. The SMILES string of the molecule is COC(=O)c1cccc(C(=O)N[C@H](Cc2ccccc2C(F)(F)F)C(=O)OC)c1. The molecule has 2 aromatic carbocycles. The summed E-state index contributed by atoms with van der Waals surface area (Å²) in [6.45, 7) is 0. The molecule has 0 heterocycles. The maximum atomic E-state index is 13.2. The van der Waals surface area contributed by atoms with E-state index in [2.05, 4.69) is 14.8 Å². The number of benzene rings is 2. The summed E-state index contributed by atoms with van der Waals surface area (Å²) in [7, 11) is 2.25. The molecule has 0 bridgehead atoms. The highest BCUT2D eigenvalue weighted by Crippen LogP contribution is 2.32. The zero-order chi connectivity index (χ0) is 21.6. The standard InChI is InChI=1S/C20H18F3NO5/c1-28-18(26)14-8-5-7-13(10-14)17(25)24-16(19(27)29-2)11-12-6-3-4-9-15(12)20(21,22)23/h3-10,16H,11H2,1-2H3,(H,24,25)/t16-/m1/s1. The lowest BCUT2D eigenvalue weighted by atomic mass is 9.99. The Hall–Kier alpha value is -3.36. The average molecular weight is 409 g/mol. The highest BCUT2D eigenvalue weighted by atomic mass is 19.4. The van der Waals surface area contributed by atoms with Crippen molar-refractivity contribution in [2.75, 3.05) is 14.2 Å². The number of carbonyl (C=O) groups is 3. The summed E-state index contributed by atoms with van der Waals surface area (Å²) in [5, 5.41) is 2.36. The molecule has 0 aliphatic heterocycles. The summed E-state index contributed by atoms with van der Waals surface area (Å²) >= 11 is 0. The minimum Gasteiger partial charge on any atom is -0.467 e. The van der Waals surface area contributed by atoms with E-state index in [1.165, 1.54) is 49.6 Å². The summed E-state index contributed by atoms with van der Waals surface area (Å²) in [5.74, 6) is -2.32. The number of nitrogens with one attached hydrogen (secondary N) is 1. The number of amides is 1. The molecule has 1 amide bonds. The lowest BCUT2D eigenvalue weighted by Gasteiger charge is -2.19. The van der Waals surface area contributed by atoms with Crippen LogP contribution in [-0.4, -0.2) is 38.1 Å². The van der Waals surface area contributed by atoms with Crippen LogP contribution in [0.25, 0.3) is 0 Å². The molecule has 2 rings (SSSR count). The number of esters is 2. The van der Waals surface area contributed by atoms with Crippen LogP contribution < -0.4 is 5.32 Å². The third-order valence-electron chi connectivity index (χ3n) is 4.08. The van der Waals surface area contributed by atoms with Gasteiger partial charge in [0.2, 0.25) is 0 Å². The van der Waals surface area contributed by atoms with Crippen molar-refractivity contribution in [3.63, 3.8) is 0 Å². The van der Waals surface area contributed by atoms with Gasteiger partial charge in [-0.1, -0.05) is 24.3 Å². The quantitative estimate of drug-likeness (QED) is 0.742. The highest BCUT2D eigenvalue weighted by molar-refractivity contribution is 5.99. The molecule has 29 heavy (non-hydrogen) atoms. The molecule has 0 aliphatic rings. The first-order chi connectivity index (χ1) is 13.7. The number of alkyl halides is 3. The van der Waals surface area contributed by atoms with Gasteiger partial charge in [0.25, 0.3) is 5.91 Å². The van der Waals surface area contributed by atoms with Crippen molar-refractivity contribution in [3.8, 4) is 0 Å². The number of ether oxygens (including phenoxy) is 2. The van der Waals surface area contributed by atoms with Crippen molar-refractivity contribution in [3.05, 3.63) is 70.8 Å². The van der Waals surface area contributed by atoms with Gasteiger partial charge in [-0.3, -0.25) is 4.79 Å². The monoisotopic (exact) mass is 409 g/mol. The summed E-state index contributed by atoms with van der Waals surface area (Å²) < 4.78 is 48.8. The third-order valence-corrected chi connectivity index (χ3v) is 4.08. The molecule has 0 radical (unpaired) electrons. The molecular formula is C20H18F3NO5. The summed E-state index contributed by atoms with van der Waals surface area (Å²) in [4.78, 5) is 36.2. The smallest absolute Gasteiger partial charge is 0.416 e. The maximum absolute atomic E-state index is 13.2. The van der Waals surface area contributed by atoms with Gasteiger partial charge in [0.15, 0.2) is 0 Å². The summed E-state index contributed by atoms with van der Waals surface area (Å²) in [5.41, 5.74) is -0.932. The molecule has 2 aromatic rings. The second-order valence-corrected chi connectivity index (χ2v) is 5.98. The molecule has 0 saturated carbocycles. The predicted molar refractivity (Wildman–Crippen MR) is 96.2 cm³/mol. The molecule has 0 saturated heterocycles. The van der Waals surface area contributed by atoms with E-state index in [1.54, 1.807) is 0 Å². The minimum atomic E-state index is -4.61. The van der Waals surface area contributed by atoms with Crippen LogP contribution in [0.4, 0.5) is 13.2 Å². The van der Waals surface area contributed by atoms with Gasteiger partial charge in [-0.15, -0.1) is 0 Å².